The minimum Gasteiger partial charge on any atom is -0.368 e. The summed E-state index contributed by atoms with van der Waals surface area (Å²) in [6, 6.07) is 2.21. The summed E-state index contributed by atoms with van der Waals surface area (Å²) >= 11 is 0. The van der Waals surface area contributed by atoms with Crippen molar-refractivity contribution in [2.45, 2.75) is 33.7 Å². The van der Waals surface area contributed by atoms with Gasteiger partial charge in [0.05, 0.1) is 0 Å². The van der Waals surface area contributed by atoms with E-state index in [2.05, 4.69) is 24.1 Å². The highest BCUT2D eigenvalue weighted by atomic mass is 16.1. The zero-order valence-electron chi connectivity index (χ0n) is 9.09. The van der Waals surface area contributed by atoms with Crippen LogP contribution in [0.5, 0.6) is 0 Å². The van der Waals surface area contributed by atoms with Gasteiger partial charge in [-0.15, -0.1) is 0 Å². The van der Waals surface area contributed by atoms with Crippen LogP contribution in [0.3, 0.4) is 0 Å². The number of anilines is 1. The molecule has 0 aliphatic heterocycles. The van der Waals surface area contributed by atoms with Gasteiger partial charge in [-0.3, -0.25) is 4.79 Å². The van der Waals surface area contributed by atoms with Gasteiger partial charge in [0.25, 0.3) is 0 Å². The van der Waals surface area contributed by atoms with Crippen molar-refractivity contribution >= 4 is 11.6 Å². The second kappa shape index (κ2) is 4.22. The molecular formula is C11H16N2O. The molecule has 1 rings (SSSR count). The first-order valence-electron chi connectivity index (χ1n) is 4.75. The number of hydrogen-bond acceptors (Lipinski definition) is 3. The van der Waals surface area contributed by atoms with Crippen LogP contribution in [0.15, 0.2) is 12.3 Å². The molecule has 0 aromatic carbocycles. The molecule has 1 N–H and O–H groups in total. The summed E-state index contributed by atoms with van der Waals surface area (Å²) in [7, 11) is 0. The molecule has 0 unspecified atom stereocenters. The predicted molar refractivity (Wildman–Crippen MR) is 57.7 cm³/mol. The second-order valence-electron chi connectivity index (χ2n) is 3.74. The Morgan fingerprint density at radius 2 is 2.14 bits per heavy atom. The van der Waals surface area contributed by atoms with Crippen molar-refractivity contribution in [1.82, 2.24) is 4.98 Å². The number of nitrogens with one attached hydrogen (secondary N) is 1. The molecule has 0 atom stereocenters. The zero-order valence-corrected chi connectivity index (χ0v) is 9.09. The number of hydrogen-bond donors (Lipinski definition) is 1. The van der Waals surface area contributed by atoms with Crippen LogP contribution >= 0.6 is 0 Å². The molecule has 0 saturated carbocycles. The summed E-state index contributed by atoms with van der Waals surface area (Å²) in [5.74, 6) is 0.904. The highest BCUT2D eigenvalue weighted by Crippen LogP contribution is 2.13. The molecule has 1 heterocycles. The Balaban J connectivity index is 2.95. The van der Waals surface area contributed by atoms with Crippen molar-refractivity contribution in [3.8, 4) is 0 Å². The average molecular weight is 192 g/mol. The van der Waals surface area contributed by atoms with Crippen LogP contribution in [0, 0.1) is 6.92 Å². The van der Waals surface area contributed by atoms with Crippen LogP contribution in [0.25, 0.3) is 0 Å². The normalized spacial score (nSPS) is 10.4. The molecule has 0 aliphatic rings. The van der Waals surface area contributed by atoms with E-state index in [0.29, 0.717) is 11.6 Å². The summed E-state index contributed by atoms with van der Waals surface area (Å²) < 4.78 is 0. The van der Waals surface area contributed by atoms with Gasteiger partial charge in [-0.2, -0.15) is 0 Å². The van der Waals surface area contributed by atoms with Crippen molar-refractivity contribution in [2.75, 3.05) is 5.32 Å². The Hall–Kier alpha value is -1.38. The molecule has 0 radical (unpaired) electrons. The Morgan fingerprint density at radius 3 is 2.57 bits per heavy atom. The summed E-state index contributed by atoms with van der Waals surface area (Å²) in [5.41, 5.74) is 1.67. The van der Waals surface area contributed by atoms with E-state index >= 15 is 0 Å². The van der Waals surface area contributed by atoms with Gasteiger partial charge in [-0.05, 0) is 39.3 Å². The van der Waals surface area contributed by atoms with E-state index in [0.717, 1.165) is 11.4 Å². The fourth-order valence-electron chi connectivity index (χ4n) is 1.19. The molecule has 3 nitrogen and oxygen atoms in total. The van der Waals surface area contributed by atoms with Gasteiger partial charge >= 0.3 is 0 Å². The Kier molecular flexibility index (Phi) is 3.23. The predicted octanol–water partition coefficient (Wildman–Crippen LogP) is 2.41. The van der Waals surface area contributed by atoms with Crippen LogP contribution in [-0.4, -0.2) is 16.8 Å². The van der Waals surface area contributed by atoms with E-state index in [9.17, 15) is 4.79 Å². The molecule has 76 valence electrons. The van der Waals surface area contributed by atoms with Crippen molar-refractivity contribution < 1.29 is 4.79 Å². The van der Waals surface area contributed by atoms with Gasteiger partial charge < -0.3 is 5.32 Å². The van der Waals surface area contributed by atoms with Crippen molar-refractivity contribution in [1.29, 1.82) is 0 Å². The molecule has 1 aromatic heterocycles. The molecule has 0 bridgehead atoms. The van der Waals surface area contributed by atoms with Gasteiger partial charge in [0, 0.05) is 17.8 Å². The summed E-state index contributed by atoms with van der Waals surface area (Å²) in [4.78, 5) is 15.3. The molecule has 0 fully saturated rings. The lowest BCUT2D eigenvalue weighted by Gasteiger charge is -2.11. The number of aromatic nitrogens is 1. The first-order valence-corrected chi connectivity index (χ1v) is 4.75. The average Bonchev–Trinajstić information content (AvgIpc) is 2.07. The lowest BCUT2D eigenvalue weighted by atomic mass is 10.1. The van der Waals surface area contributed by atoms with Crippen molar-refractivity contribution in [2.24, 2.45) is 0 Å². The first kappa shape index (κ1) is 10.7. The number of carbonyl (C=O) groups is 1. The molecule has 0 aliphatic carbocycles. The number of nitrogens with zero attached hydrogens (tertiary/aromatic N) is 1. The summed E-state index contributed by atoms with van der Waals surface area (Å²) in [6.07, 6.45) is 1.61. The maximum Gasteiger partial charge on any atom is 0.161 e. The lowest BCUT2D eigenvalue weighted by Crippen LogP contribution is -2.12. The van der Waals surface area contributed by atoms with Crippen LogP contribution in [-0.2, 0) is 0 Å². The van der Waals surface area contributed by atoms with Gasteiger partial charge in [-0.1, -0.05) is 0 Å². The molecule has 3 heteroatoms. The minimum atomic E-state index is 0.0525. The van der Waals surface area contributed by atoms with Gasteiger partial charge in [0.15, 0.2) is 5.78 Å². The zero-order chi connectivity index (χ0) is 10.7. The number of pyridine rings is 1. The molecular weight excluding hydrogens is 176 g/mol. The third-order valence-electron chi connectivity index (χ3n) is 1.91. The quantitative estimate of drug-likeness (QED) is 0.748. The van der Waals surface area contributed by atoms with Crippen molar-refractivity contribution in [3.05, 3.63) is 23.4 Å². The van der Waals surface area contributed by atoms with E-state index in [1.165, 1.54) is 0 Å². The lowest BCUT2D eigenvalue weighted by molar-refractivity contribution is 0.101. The maximum atomic E-state index is 11.1. The third kappa shape index (κ3) is 2.55. The highest BCUT2D eigenvalue weighted by molar-refractivity contribution is 5.94. The molecule has 0 amide bonds. The first-order chi connectivity index (χ1) is 6.50. The van der Waals surface area contributed by atoms with Crippen LogP contribution < -0.4 is 5.32 Å². The Morgan fingerprint density at radius 1 is 1.50 bits per heavy atom. The third-order valence-corrected chi connectivity index (χ3v) is 1.91. The Bertz CT molecular complexity index is 345. The highest BCUT2D eigenvalue weighted by Gasteiger charge is 2.05. The number of aryl methyl sites for hydroxylation is 1. The summed E-state index contributed by atoms with van der Waals surface area (Å²) in [5, 5.41) is 3.22. The number of rotatable bonds is 3. The maximum absolute atomic E-state index is 11.1. The van der Waals surface area contributed by atoms with E-state index in [-0.39, 0.29) is 5.78 Å². The number of carbonyl (C=O) groups excluding carboxylic acids is 1. The number of Topliss-reactive ketones (excluding diaryl/α,β-unsaturated/α-hetero) is 1. The van der Waals surface area contributed by atoms with Crippen molar-refractivity contribution in [3.63, 3.8) is 0 Å². The smallest absolute Gasteiger partial charge is 0.161 e. The molecule has 0 spiro atoms. The van der Waals surface area contributed by atoms with E-state index in [1.807, 2.05) is 13.0 Å². The molecule has 14 heavy (non-hydrogen) atoms. The standard InChI is InChI=1S/C11H16N2O/c1-7(2)13-11-8(3)5-10(6-12-11)9(4)14/h5-7H,1-4H3,(H,12,13). The topological polar surface area (TPSA) is 42.0 Å². The van der Waals surface area contributed by atoms with Gasteiger partial charge in [0.1, 0.15) is 5.82 Å². The van der Waals surface area contributed by atoms with Gasteiger partial charge in [0.2, 0.25) is 0 Å². The fourth-order valence-corrected chi connectivity index (χ4v) is 1.19. The van der Waals surface area contributed by atoms with Crippen LogP contribution in [0.4, 0.5) is 5.82 Å². The SMILES string of the molecule is CC(=O)c1cnc(NC(C)C)c(C)c1. The largest absolute Gasteiger partial charge is 0.368 e. The van der Waals surface area contributed by atoms with Crippen LogP contribution in [0.2, 0.25) is 0 Å². The van der Waals surface area contributed by atoms with Gasteiger partial charge in [-0.25, -0.2) is 4.98 Å². The monoisotopic (exact) mass is 192 g/mol. The molecule has 1 aromatic rings. The number of ketones is 1. The van der Waals surface area contributed by atoms with E-state index < -0.39 is 0 Å². The van der Waals surface area contributed by atoms with Crippen LogP contribution in [0.1, 0.15) is 36.7 Å². The van der Waals surface area contributed by atoms with E-state index in [1.54, 1.807) is 13.1 Å². The summed E-state index contributed by atoms with van der Waals surface area (Å²) in [6.45, 7) is 7.61. The Labute approximate surface area is 84.6 Å². The van der Waals surface area contributed by atoms with E-state index in [4.69, 9.17) is 0 Å². The second-order valence-corrected chi connectivity index (χ2v) is 3.74. The minimum absolute atomic E-state index is 0.0525. The molecule has 0 saturated heterocycles. The fraction of sp³-hybridized carbons (Fsp3) is 0.455.